The molecular formula is C18H26FN3O7S. The lowest BCUT2D eigenvalue weighted by Crippen LogP contribution is -2.52. The van der Waals surface area contributed by atoms with Gasteiger partial charge < -0.3 is 9.47 Å². The van der Waals surface area contributed by atoms with Gasteiger partial charge in [-0.05, 0) is 26.0 Å². The van der Waals surface area contributed by atoms with Crippen molar-refractivity contribution in [2.75, 3.05) is 37.9 Å². The quantitative estimate of drug-likeness (QED) is 0.575. The average molecular weight is 447 g/mol. The van der Waals surface area contributed by atoms with Crippen LogP contribution >= 0.6 is 0 Å². The molecule has 1 aliphatic rings. The first kappa shape index (κ1) is 24.0. The van der Waals surface area contributed by atoms with Crippen molar-refractivity contribution in [1.29, 1.82) is 0 Å². The second kappa shape index (κ2) is 9.25. The second-order valence-electron chi connectivity index (χ2n) is 6.59. The molecule has 1 saturated heterocycles. The van der Waals surface area contributed by atoms with Crippen LogP contribution in [0, 0.1) is 5.82 Å². The normalized spacial score (nSPS) is 22.0. The summed E-state index contributed by atoms with van der Waals surface area (Å²) in [5.41, 5.74) is -1.97. The van der Waals surface area contributed by atoms with Gasteiger partial charge in [0, 0.05) is 19.7 Å². The minimum Gasteiger partial charge on any atom is -0.466 e. The Hall–Kier alpha value is -2.28. The standard InChI is InChI=1S/C18H26FN3O7S/c1-6-27-14(23)11-18(20-16(29-22(18)4)17(24)28-7-2)15-12(19)9-8-10-13(15)21(3)30(5,25)26/h8-10,16,20H,6-7,11H2,1-5H3. The fourth-order valence-electron chi connectivity index (χ4n) is 3.17. The van der Waals surface area contributed by atoms with E-state index in [9.17, 15) is 18.0 Å². The van der Waals surface area contributed by atoms with Gasteiger partial charge in [-0.25, -0.2) is 17.6 Å². The summed E-state index contributed by atoms with van der Waals surface area (Å²) in [4.78, 5) is 30.1. The summed E-state index contributed by atoms with van der Waals surface area (Å²) in [5.74, 6) is -2.29. The number of sulfonamides is 1. The van der Waals surface area contributed by atoms with Crippen molar-refractivity contribution in [3.05, 3.63) is 29.6 Å². The molecule has 10 nitrogen and oxygen atoms in total. The lowest BCUT2D eigenvalue weighted by atomic mass is 9.92. The van der Waals surface area contributed by atoms with Crippen molar-refractivity contribution in [1.82, 2.24) is 10.4 Å². The summed E-state index contributed by atoms with van der Waals surface area (Å²) in [7, 11) is -1.13. The first-order chi connectivity index (χ1) is 14.0. The van der Waals surface area contributed by atoms with Gasteiger partial charge in [0.25, 0.3) is 0 Å². The molecule has 0 saturated carbocycles. The number of carbonyl (C=O) groups is 2. The average Bonchev–Trinajstić information content (AvgIpc) is 2.97. The van der Waals surface area contributed by atoms with Gasteiger partial charge in [0.2, 0.25) is 16.3 Å². The number of anilines is 1. The Labute approximate surface area is 174 Å². The molecule has 2 rings (SSSR count). The molecule has 1 N–H and O–H groups in total. The van der Waals surface area contributed by atoms with Crippen molar-refractivity contribution in [3.8, 4) is 0 Å². The van der Waals surface area contributed by atoms with Gasteiger partial charge in [-0.15, -0.1) is 0 Å². The summed E-state index contributed by atoms with van der Waals surface area (Å²) in [6.45, 7) is 3.38. The van der Waals surface area contributed by atoms with Crippen LogP contribution < -0.4 is 9.62 Å². The Kier molecular flexibility index (Phi) is 7.40. The Morgan fingerprint density at radius 2 is 1.93 bits per heavy atom. The van der Waals surface area contributed by atoms with Gasteiger partial charge >= 0.3 is 11.9 Å². The van der Waals surface area contributed by atoms with Crippen LogP contribution in [0.25, 0.3) is 0 Å². The molecule has 0 amide bonds. The number of carbonyl (C=O) groups excluding carboxylic acids is 2. The Morgan fingerprint density at radius 1 is 1.30 bits per heavy atom. The maximum absolute atomic E-state index is 15.2. The van der Waals surface area contributed by atoms with E-state index in [1.54, 1.807) is 13.8 Å². The van der Waals surface area contributed by atoms with E-state index < -0.39 is 46.1 Å². The van der Waals surface area contributed by atoms with Crippen LogP contribution in [-0.4, -0.2) is 65.2 Å². The number of rotatable bonds is 8. The molecule has 1 aromatic carbocycles. The number of nitrogens with one attached hydrogen (secondary N) is 1. The number of hydrogen-bond donors (Lipinski definition) is 1. The highest BCUT2D eigenvalue weighted by molar-refractivity contribution is 7.92. The molecule has 168 valence electrons. The number of hydroxylamine groups is 2. The topological polar surface area (TPSA) is 114 Å². The van der Waals surface area contributed by atoms with Gasteiger partial charge in [-0.3, -0.25) is 19.3 Å². The van der Waals surface area contributed by atoms with E-state index in [-0.39, 0.29) is 24.5 Å². The molecule has 2 unspecified atom stereocenters. The van der Waals surface area contributed by atoms with Gasteiger partial charge in [0.1, 0.15) is 11.5 Å². The van der Waals surface area contributed by atoms with E-state index >= 15 is 4.39 Å². The summed E-state index contributed by atoms with van der Waals surface area (Å²) in [5, 5.41) is 3.90. The van der Waals surface area contributed by atoms with Crippen LogP contribution in [0.15, 0.2) is 18.2 Å². The summed E-state index contributed by atoms with van der Waals surface area (Å²) >= 11 is 0. The number of ether oxygens (including phenoxy) is 2. The number of esters is 2. The molecule has 0 aliphatic carbocycles. The molecule has 0 bridgehead atoms. The molecule has 1 heterocycles. The predicted octanol–water partition coefficient (Wildman–Crippen LogP) is 0.683. The van der Waals surface area contributed by atoms with Crippen LogP contribution in [-0.2, 0) is 39.6 Å². The SMILES string of the molecule is CCOC(=O)CC1(c2c(F)cccc2N(C)S(C)(=O)=O)NC(C(=O)OCC)ON1C. The molecule has 2 atom stereocenters. The van der Waals surface area contributed by atoms with Gasteiger partial charge in [0.05, 0.1) is 31.6 Å². The van der Waals surface area contributed by atoms with E-state index in [4.69, 9.17) is 14.3 Å². The first-order valence-corrected chi connectivity index (χ1v) is 11.1. The molecule has 12 heteroatoms. The van der Waals surface area contributed by atoms with E-state index in [0.717, 1.165) is 21.7 Å². The summed E-state index contributed by atoms with van der Waals surface area (Å²) in [6.07, 6.45) is -0.859. The predicted molar refractivity (Wildman–Crippen MR) is 105 cm³/mol. The maximum atomic E-state index is 15.2. The lowest BCUT2D eigenvalue weighted by Gasteiger charge is -2.36. The van der Waals surface area contributed by atoms with Crippen LogP contribution in [0.2, 0.25) is 0 Å². The largest absolute Gasteiger partial charge is 0.466 e. The second-order valence-corrected chi connectivity index (χ2v) is 8.60. The Balaban J connectivity index is 2.68. The van der Waals surface area contributed by atoms with Crippen LogP contribution in [0.1, 0.15) is 25.8 Å². The molecule has 1 aliphatic heterocycles. The van der Waals surface area contributed by atoms with Crippen LogP contribution in [0.4, 0.5) is 10.1 Å². The number of hydrogen-bond acceptors (Lipinski definition) is 9. The third kappa shape index (κ3) is 4.72. The van der Waals surface area contributed by atoms with Crippen molar-refractivity contribution >= 4 is 27.6 Å². The summed E-state index contributed by atoms with van der Waals surface area (Å²) < 4.78 is 50.3. The van der Waals surface area contributed by atoms with Crippen molar-refractivity contribution in [3.63, 3.8) is 0 Å². The third-order valence-corrected chi connectivity index (χ3v) is 5.81. The van der Waals surface area contributed by atoms with E-state index in [1.165, 1.54) is 26.2 Å². The lowest BCUT2D eigenvalue weighted by molar-refractivity contribution is -0.195. The molecule has 0 aromatic heterocycles. The van der Waals surface area contributed by atoms with E-state index in [0.29, 0.717) is 0 Å². The van der Waals surface area contributed by atoms with Crippen molar-refractivity contribution in [2.45, 2.75) is 32.2 Å². The highest BCUT2D eigenvalue weighted by atomic mass is 32.2. The van der Waals surface area contributed by atoms with E-state index in [1.807, 2.05) is 0 Å². The van der Waals surface area contributed by atoms with E-state index in [2.05, 4.69) is 5.32 Å². The molecule has 30 heavy (non-hydrogen) atoms. The summed E-state index contributed by atoms with van der Waals surface area (Å²) in [6, 6.07) is 3.85. The Morgan fingerprint density at radius 3 is 2.50 bits per heavy atom. The van der Waals surface area contributed by atoms with Gasteiger partial charge in [-0.2, -0.15) is 5.06 Å². The fraction of sp³-hybridized carbons (Fsp3) is 0.556. The van der Waals surface area contributed by atoms with Gasteiger partial charge in [-0.1, -0.05) is 6.07 Å². The minimum absolute atomic E-state index is 0.0331. The zero-order valence-corrected chi connectivity index (χ0v) is 18.3. The van der Waals surface area contributed by atoms with Crippen LogP contribution in [0.3, 0.4) is 0 Å². The zero-order valence-electron chi connectivity index (χ0n) is 17.5. The van der Waals surface area contributed by atoms with Crippen LogP contribution in [0.5, 0.6) is 0 Å². The molecule has 1 aromatic rings. The van der Waals surface area contributed by atoms with Crippen molar-refractivity contribution in [2.24, 2.45) is 0 Å². The first-order valence-electron chi connectivity index (χ1n) is 9.21. The number of benzene rings is 1. The molecule has 1 fully saturated rings. The number of halogens is 1. The highest BCUT2D eigenvalue weighted by Crippen LogP contribution is 2.41. The molecule has 0 radical (unpaired) electrons. The smallest absolute Gasteiger partial charge is 0.352 e. The zero-order chi connectivity index (χ0) is 22.7. The van der Waals surface area contributed by atoms with Gasteiger partial charge in [0.15, 0.2) is 0 Å². The minimum atomic E-state index is -3.77. The monoisotopic (exact) mass is 447 g/mol. The molecule has 0 spiro atoms. The van der Waals surface area contributed by atoms with Crippen molar-refractivity contribution < 1.29 is 36.7 Å². The maximum Gasteiger partial charge on any atom is 0.352 e. The third-order valence-electron chi connectivity index (χ3n) is 4.62. The number of nitrogens with zero attached hydrogens (tertiary/aromatic N) is 2. The fourth-order valence-corrected chi connectivity index (χ4v) is 3.68. The molecular weight excluding hydrogens is 421 g/mol. The Bertz CT molecular complexity index is 911. The highest BCUT2D eigenvalue weighted by Gasteiger charge is 2.53.